The van der Waals surface area contributed by atoms with E-state index in [9.17, 15) is 4.79 Å². The second kappa shape index (κ2) is 7.85. The summed E-state index contributed by atoms with van der Waals surface area (Å²) in [7, 11) is 0. The number of amides is 1. The molecule has 0 bridgehead atoms. The smallest absolute Gasteiger partial charge is 0.272 e. The number of nitrogens with one attached hydrogen (secondary N) is 1. The second-order valence-corrected chi connectivity index (χ2v) is 7.30. The fraction of sp³-hybridized carbons (Fsp3) is 0.476. The van der Waals surface area contributed by atoms with E-state index in [0.717, 1.165) is 42.9 Å². The Morgan fingerprint density at radius 3 is 2.85 bits per heavy atom. The first kappa shape index (κ1) is 18.4. The van der Waals surface area contributed by atoms with Gasteiger partial charge in [0.05, 0.1) is 0 Å². The zero-order valence-corrected chi connectivity index (χ0v) is 16.2. The molecule has 26 heavy (non-hydrogen) atoms. The summed E-state index contributed by atoms with van der Waals surface area (Å²) in [6, 6.07) is 8.01. The van der Waals surface area contributed by atoms with Crippen LogP contribution in [0.3, 0.4) is 0 Å². The van der Waals surface area contributed by atoms with Gasteiger partial charge in [0.25, 0.3) is 5.91 Å². The van der Waals surface area contributed by atoms with Gasteiger partial charge in [-0.25, -0.2) is 9.97 Å². The lowest BCUT2D eigenvalue weighted by Gasteiger charge is -2.30. The molecule has 5 nitrogen and oxygen atoms in total. The summed E-state index contributed by atoms with van der Waals surface area (Å²) in [6.07, 6.45) is 3.17. The molecule has 2 heterocycles. The minimum atomic E-state index is 0.00518. The summed E-state index contributed by atoms with van der Waals surface area (Å²) in [6.45, 7) is 9.92. The standard InChI is InChI=1S/C21H28N4O/c1-5-17-10-6-9-15(3)19(17)24-21-22-16(4)12-18(23-21)20(26)25-11-7-8-14(2)13-25/h6,9-10,12,14H,5,7-8,11,13H2,1-4H3,(H,22,23,24). The fourth-order valence-electron chi connectivity index (χ4n) is 3.58. The van der Waals surface area contributed by atoms with Gasteiger partial charge in [0.1, 0.15) is 5.69 Å². The molecule has 5 heteroatoms. The third-order valence-corrected chi connectivity index (χ3v) is 4.99. The van der Waals surface area contributed by atoms with Crippen molar-refractivity contribution in [2.24, 2.45) is 5.92 Å². The van der Waals surface area contributed by atoms with Gasteiger partial charge in [0.2, 0.25) is 5.95 Å². The van der Waals surface area contributed by atoms with E-state index in [4.69, 9.17) is 0 Å². The molecular weight excluding hydrogens is 324 g/mol. The van der Waals surface area contributed by atoms with Gasteiger partial charge in [-0.15, -0.1) is 0 Å². The van der Waals surface area contributed by atoms with Crippen LogP contribution in [0.15, 0.2) is 24.3 Å². The number of aryl methyl sites for hydroxylation is 3. The minimum Gasteiger partial charge on any atom is -0.337 e. The van der Waals surface area contributed by atoms with E-state index < -0.39 is 0 Å². The molecule has 1 amide bonds. The highest BCUT2D eigenvalue weighted by Crippen LogP contribution is 2.24. The third kappa shape index (κ3) is 4.03. The molecule has 0 spiro atoms. The molecule has 3 rings (SSSR count). The van der Waals surface area contributed by atoms with Crippen LogP contribution in [-0.4, -0.2) is 33.9 Å². The third-order valence-electron chi connectivity index (χ3n) is 4.99. The Morgan fingerprint density at radius 2 is 2.12 bits per heavy atom. The Balaban J connectivity index is 1.88. The van der Waals surface area contributed by atoms with Gasteiger partial charge in [-0.2, -0.15) is 0 Å². The van der Waals surface area contributed by atoms with E-state index in [1.165, 1.54) is 12.0 Å². The van der Waals surface area contributed by atoms with Crippen LogP contribution in [-0.2, 0) is 6.42 Å². The summed E-state index contributed by atoms with van der Waals surface area (Å²) in [5.74, 6) is 1.04. The number of nitrogens with zero attached hydrogens (tertiary/aromatic N) is 3. The number of likely N-dealkylation sites (tertiary alicyclic amines) is 1. The average molecular weight is 352 g/mol. The van der Waals surface area contributed by atoms with E-state index >= 15 is 0 Å². The number of rotatable bonds is 4. The zero-order chi connectivity index (χ0) is 18.7. The number of anilines is 2. The van der Waals surface area contributed by atoms with Crippen molar-refractivity contribution in [1.29, 1.82) is 0 Å². The monoisotopic (exact) mass is 352 g/mol. The molecule has 1 fully saturated rings. The van der Waals surface area contributed by atoms with Gasteiger partial charge < -0.3 is 10.2 Å². The molecule has 2 aromatic rings. The van der Waals surface area contributed by atoms with Gasteiger partial charge in [0.15, 0.2) is 0 Å². The van der Waals surface area contributed by atoms with Crippen LogP contribution in [0.2, 0.25) is 0 Å². The minimum absolute atomic E-state index is 0.00518. The lowest BCUT2D eigenvalue weighted by atomic mass is 10.00. The first-order valence-electron chi connectivity index (χ1n) is 9.48. The highest BCUT2D eigenvalue weighted by molar-refractivity contribution is 5.92. The molecule has 1 saturated heterocycles. The lowest BCUT2D eigenvalue weighted by molar-refractivity contribution is 0.0677. The molecule has 0 radical (unpaired) electrons. The molecule has 1 aliphatic rings. The van der Waals surface area contributed by atoms with E-state index in [-0.39, 0.29) is 5.91 Å². The summed E-state index contributed by atoms with van der Waals surface area (Å²) < 4.78 is 0. The van der Waals surface area contributed by atoms with Gasteiger partial charge >= 0.3 is 0 Å². The van der Waals surface area contributed by atoms with Gasteiger partial charge in [-0.3, -0.25) is 4.79 Å². The number of benzene rings is 1. The summed E-state index contributed by atoms with van der Waals surface area (Å²) >= 11 is 0. The summed E-state index contributed by atoms with van der Waals surface area (Å²) in [5.41, 5.74) is 4.66. The summed E-state index contributed by atoms with van der Waals surface area (Å²) in [5, 5.41) is 3.35. The maximum Gasteiger partial charge on any atom is 0.272 e. The average Bonchev–Trinajstić information content (AvgIpc) is 2.62. The number of carbonyl (C=O) groups excluding carboxylic acids is 1. The molecule has 1 unspecified atom stereocenters. The van der Waals surface area contributed by atoms with Gasteiger partial charge in [-0.05, 0) is 56.2 Å². The van der Waals surface area contributed by atoms with Crippen molar-refractivity contribution in [3.63, 3.8) is 0 Å². The number of carbonyl (C=O) groups is 1. The van der Waals surface area contributed by atoms with Crippen LogP contribution in [0, 0.1) is 19.8 Å². The predicted molar refractivity (Wildman–Crippen MR) is 105 cm³/mol. The Kier molecular flexibility index (Phi) is 5.55. The van der Waals surface area contributed by atoms with Crippen molar-refractivity contribution in [1.82, 2.24) is 14.9 Å². The van der Waals surface area contributed by atoms with E-state index in [1.54, 1.807) is 6.07 Å². The van der Waals surface area contributed by atoms with E-state index in [2.05, 4.69) is 54.3 Å². The Morgan fingerprint density at radius 1 is 1.31 bits per heavy atom. The number of piperidine rings is 1. The summed E-state index contributed by atoms with van der Waals surface area (Å²) in [4.78, 5) is 23.8. The highest BCUT2D eigenvalue weighted by Gasteiger charge is 2.23. The van der Waals surface area contributed by atoms with E-state index in [0.29, 0.717) is 17.6 Å². The Hall–Kier alpha value is -2.43. The van der Waals surface area contributed by atoms with Gasteiger partial charge in [0, 0.05) is 24.5 Å². The van der Waals surface area contributed by atoms with E-state index in [1.807, 2.05) is 11.8 Å². The lowest BCUT2D eigenvalue weighted by Crippen LogP contribution is -2.39. The maximum atomic E-state index is 12.9. The first-order valence-corrected chi connectivity index (χ1v) is 9.48. The van der Waals surface area contributed by atoms with Crippen LogP contribution in [0.4, 0.5) is 11.6 Å². The number of para-hydroxylation sites is 1. The highest BCUT2D eigenvalue weighted by atomic mass is 16.2. The molecule has 1 N–H and O–H groups in total. The van der Waals surface area contributed by atoms with Gasteiger partial charge in [-0.1, -0.05) is 32.0 Å². The molecular formula is C21H28N4O. The predicted octanol–water partition coefficient (Wildman–Crippen LogP) is 4.27. The van der Waals surface area contributed by atoms with Crippen molar-refractivity contribution in [2.45, 2.75) is 47.0 Å². The number of hydrogen-bond donors (Lipinski definition) is 1. The van der Waals surface area contributed by atoms with Crippen molar-refractivity contribution in [3.8, 4) is 0 Å². The fourth-order valence-corrected chi connectivity index (χ4v) is 3.58. The molecule has 0 saturated carbocycles. The zero-order valence-electron chi connectivity index (χ0n) is 16.2. The normalized spacial score (nSPS) is 17.2. The SMILES string of the molecule is CCc1cccc(C)c1Nc1nc(C)cc(C(=O)N2CCCC(C)C2)n1. The molecule has 1 aromatic heterocycles. The van der Waals surface area contributed by atoms with Crippen LogP contribution >= 0.6 is 0 Å². The topological polar surface area (TPSA) is 58.1 Å². The first-order chi connectivity index (χ1) is 12.5. The van der Waals surface area contributed by atoms with Crippen LogP contribution in [0.25, 0.3) is 0 Å². The quantitative estimate of drug-likeness (QED) is 0.893. The van der Waals surface area contributed by atoms with Crippen molar-refractivity contribution >= 4 is 17.5 Å². The maximum absolute atomic E-state index is 12.9. The molecule has 0 aliphatic carbocycles. The Bertz CT molecular complexity index is 803. The molecule has 1 atom stereocenters. The van der Waals surface area contributed by atoms with Crippen molar-refractivity contribution in [3.05, 3.63) is 46.8 Å². The largest absolute Gasteiger partial charge is 0.337 e. The molecule has 1 aliphatic heterocycles. The van der Waals surface area contributed by atoms with Crippen LogP contribution in [0.5, 0.6) is 0 Å². The second-order valence-electron chi connectivity index (χ2n) is 7.30. The van der Waals surface area contributed by atoms with Crippen molar-refractivity contribution < 1.29 is 4.79 Å². The number of hydrogen-bond acceptors (Lipinski definition) is 4. The van der Waals surface area contributed by atoms with Crippen LogP contribution < -0.4 is 5.32 Å². The number of aromatic nitrogens is 2. The Labute approximate surface area is 155 Å². The van der Waals surface area contributed by atoms with Crippen molar-refractivity contribution in [2.75, 3.05) is 18.4 Å². The molecule has 138 valence electrons. The van der Waals surface area contributed by atoms with Crippen LogP contribution in [0.1, 0.15) is 54.0 Å². The molecule has 1 aromatic carbocycles.